The van der Waals surface area contributed by atoms with Crippen molar-refractivity contribution in [3.63, 3.8) is 0 Å². The number of carbonyl (C=O) groups is 1. The predicted octanol–water partition coefficient (Wildman–Crippen LogP) is 1.67. The minimum atomic E-state index is 0.153. The van der Waals surface area contributed by atoms with Crippen LogP contribution in [-0.2, 0) is 0 Å². The van der Waals surface area contributed by atoms with Gasteiger partial charge in [0.1, 0.15) is 0 Å². The molecule has 2 amide bonds. The van der Waals surface area contributed by atoms with Gasteiger partial charge in [-0.05, 0) is 25.8 Å². The fraction of sp³-hybridized carbons (Fsp3) is 0.923. The minimum absolute atomic E-state index is 0.153. The molecule has 98 valence electrons. The highest BCUT2D eigenvalue weighted by atomic mass is 16.2. The van der Waals surface area contributed by atoms with E-state index in [1.54, 1.807) is 0 Å². The molecule has 1 aliphatic heterocycles. The van der Waals surface area contributed by atoms with Gasteiger partial charge >= 0.3 is 6.03 Å². The van der Waals surface area contributed by atoms with Crippen molar-refractivity contribution in [2.45, 2.75) is 45.1 Å². The van der Waals surface area contributed by atoms with Crippen molar-refractivity contribution in [3.8, 4) is 0 Å². The van der Waals surface area contributed by atoms with E-state index in [4.69, 9.17) is 0 Å². The van der Waals surface area contributed by atoms with Gasteiger partial charge in [-0.2, -0.15) is 0 Å². The normalized spacial score (nSPS) is 21.6. The lowest BCUT2D eigenvalue weighted by molar-refractivity contribution is 0.138. The van der Waals surface area contributed by atoms with Gasteiger partial charge in [-0.15, -0.1) is 0 Å². The Kier molecular flexibility index (Phi) is 4.66. The van der Waals surface area contributed by atoms with Gasteiger partial charge < -0.3 is 10.2 Å². The van der Waals surface area contributed by atoms with Crippen LogP contribution in [0.3, 0.4) is 0 Å². The highest BCUT2D eigenvalue weighted by molar-refractivity contribution is 5.75. The first kappa shape index (κ1) is 12.7. The van der Waals surface area contributed by atoms with E-state index in [0.717, 1.165) is 26.2 Å². The number of carbonyl (C=O) groups excluding carboxylic acids is 1. The second-order valence-corrected chi connectivity index (χ2v) is 5.26. The summed E-state index contributed by atoms with van der Waals surface area (Å²) in [4.78, 5) is 16.3. The largest absolute Gasteiger partial charge is 0.335 e. The van der Waals surface area contributed by atoms with Crippen LogP contribution in [0.25, 0.3) is 0 Å². The quantitative estimate of drug-likeness (QED) is 0.741. The number of nitrogens with one attached hydrogen (secondary N) is 1. The summed E-state index contributed by atoms with van der Waals surface area (Å²) in [7, 11) is 0. The van der Waals surface area contributed by atoms with Gasteiger partial charge in [0, 0.05) is 32.2 Å². The Balaban J connectivity index is 1.61. The fourth-order valence-corrected chi connectivity index (χ4v) is 2.25. The SMILES string of the molecule is CCCCCN1CCN(C(=O)NC2CC2)CC1. The summed E-state index contributed by atoms with van der Waals surface area (Å²) in [6, 6.07) is 0.630. The summed E-state index contributed by atoms with van der Waals surface area (Å²) >= 11 is 0. The standard InChI is InChI=1S/C13H25N3O/c1-2-3-4-7-15-8-10-16(11-9-15)13(17)14-12-5-6-12/h12H,2-11H2,1H3,(H,14,17). The Hall–Kier alpha value is -0.770. The molecular formula is C13H25N3O. The third kappa shape index (κ3) is 4.19. The van der Waals surface area contributed by atoms with Crippen LogP contribution in [0.1, 0.15) is 39.0 Å². The Bertz CT molecular complexity index is 245. The first-order valence-electron chi connectivity index (χ1n) is 7.07. The topological polar surface area (TPSA) is 35.6 Å². The Labute approximate surface area is 104 Å². The molecule has 1 N–H and O–H groups in total. The van der Waals surface area contributed by atoms with Crippen LogP contribution in [0.5, 0.6) is 0 Å². The van der Waals surface area contributed by atoms with Crippen molar-refractivity contribution >= 4 is 6.03 Å². The van der Waals surface area contributed by atoms with Crippen LogP contribution in [0, 0.1) is 0 Å². The molecule has 4 heteroatoms. The third-order valence-corrected chi connectivity index (χ3v) is 3.64. The Morgan fingerprint density at radius 2 is 1.88 bits per heavy atom. The number of rotatable bonds is 5. The average molecular weight is 239 g/mol. The smallest absolute Gasteiger partial charge is 0.317 e. The minimum Gasteiger partial charge on any atom is -0.335 e. The zero-order chi connectivity index (χ0) is 12.1. The highest BCUT2D eigenvalue weighted by Crippen LogP contribution is 2.19. The summed E-state index contributed by atoms with van der Waals surface area (Å²) in [5, 5.41) is 3.06. The fourth-order valence-electron chi connectivity index (χ4n) is 2.25. The molecule has 1 saturated heterocycles. The second kappa shape index (κ2) is 6.24. The van der Waals surface area contributed by atoms with Gasteiger partial charge in [-0.1, -0.05) is 19.8 Å². The van der Waals surface area contributed by atoms with Crippen LogP contribution in [0.15, 0.2) is 0 Å². The van der Waals surface area contributed by atoms with E-state index < -0.39 is 0 Å². The lowest BCUT2D eigenvalue weighted by Gasteiger charge is -2.34. The number of nitrogens with zero attached hydrogens (tertiary/aromatic N) is 2. The van der Waals surface area contributed by atoms with Gasteiger partial charge in [0.15, 0.2) is 0 Å². The van der Waals surface area contributed by atoms with Crippen molar-refractivity contribution in [1.29, 1.82) is 0 Å². The second-order valence-electron chi connectivity index (χ2n) is 5.26. The molecule has 0 aromatic carbocycles. The van der Waals surface area contributed by atoms with Crippen molar-refractivity contribution in [1.82, 2.24) is 15.1 Å². The van der Waals surface area contributed by atoms with Crippen LogP contribution < -0.4 is 5.32 Å². The van der Waals surface area contributed by atoms with Gasteiger partial charge in [0.2, 0.25) is 0 Å². The van der Waals surface area contributed by atoms with Crippen molar-refractivity contribution in [3.05, 3.63) is 0 Å². The molecule has 0 unspecified atom stereocenters. The molecule has 0 bridgehead atoms. The number of piperazine rings is 1. The lowest BCUT2D eigenvalue weighted by atomic mass is 10.2. The Morgan fingerprint density at radius 3 is 2.47 bits per heavy atom. The van der Waals surface area contributed by atoms with Crippen molar-refractivity contribution < 1.29 is 4.79 Å². The molecule has 4 nitrogen and oxygen atoms in total. The molecule has 2 fully saturated rings. The number of unbranched alkanes of at least 4 members (excludes halogenated alkanes) is 2. The molecule has 2 aliphatic rings. The first-order chi connectivity index (χ1) is 8.29. The zero-order valence-electron chi connectivity index (χ0n) is 11.0. The van der Waals surface area contributed by atoms with E-state index in [-0.39, 0.29) is 6.03 Å². The number of urea groups is 1. The van der Waals surface area contributed by atoms with Gasteiger partial charge in [-0.25, -0.2) is 4.79 Å². The predicted molar refractivity (Wildman–Crippen MR) is 69.1 cm³/mol. The molecule has 0 atom stereocenters. The summed E-state index contributed by atoms with van der Waals surface area (Å²) in [5.74, 6) is 0. The summed E-state index contributed by atoms with van der Waals surface area (Å²) in [5.41, 5.74) is 0. The van der Waals surface area contributed by atoms with E-state index in [9.17, 15) is 4.79 Å². The van der Waals surface area contributed by atoms with Crippen LogP contribution >= 0.6 is 0 Å². The maximum Gasteiger partial charge on any atom is 0.317 e. The van der Waals surface area contributed by atoms with Crippen LogP contribution in [0.4, 0.5) is 4.79 Å². The lowest BCUT2D eigenvalue weighted by Crippen LogP contribution is -2.52. The van der Waals surface area contributed by atoms with E-state index in [2.05, 4.69) is 17.1 Å². The van der Waals surface area contributed by atoms with E-state index >= 15 is 0 Å². The molecule has 0 aromatic heterocycles. The molecule has 17 heavy (non-hydrogen) atoms. The van der Waals surface area contributed by atoms with Gasteiger partial charge in [0.25, 0.3) is 0 Å². The first-order valence-corrected chi connectivity index (χ1v) is 7.07. The Morgan fingerprint density at radius 1 is 1.18 bits per heavy atom. The summed E-state index contributed by atoms with van der Waals surface area (Å²) in [6.07, 6.45) is 6.24. The number of amides is 2. The zero-order valence-corrected chi connectivity index (χ0v) is 11.0. The molecule has 1 aliphatic carbocycles. The van der Waals surface area contributed by atoms with E-state index in [1.807, 2.05) is 4.90 Å². The summed E-state index contributed by atoms with van der Waals surface area (Å²) in [6.45, 7) is 7.31. The number of hydrogen-bond acceptors (Lipinski definition) is 2. The van der Waals surface area contributed by atoms with Crippen LogP contribution in [0.2, 0.25) is 0 Å². The molecular weight excluding hydrogens is 214 g/mol. The molecule has 0 aromatic rings. The maximum atomic E-state index is 11.8. The van der Waals surface area contributed by atoms with Crippen molar-refractivity contribution in [2.24, 2.45) is 0 Å². The molecule has 0 radical (unpaired) electrons. The van der Waals surface area contributed by atoms with Gasteiger partial charge in [0.05, 0.1) is 0 Å². The summed E-state index contributed by atoms with van der Waals surface area (Å²) < 4.78 is 0. The molecule has 1 saturated carbocycles. The van der Waals surface area contributed by atoms with E-state index in [0.29, 0.717) is 6.04 Å². The highest BCUT2D eigenvalue weighted by Gasteiger charge is 2.27. The van der Waals surface area contributed by atoms with Gasteiger partial charge in [-0.3, -0.25) is 4.90 Å². The molecule has 1 heterocycles. The third-order valence-electron chi connectivity index (χ3n) is 3.64. The van der Waals surface area contributed by atoms with Crippen molar-refractivity contribution in [2.75, 3.05) is 32.7 Å². The number of hydrogen-bond donors (Lipinski definition) is 1. The maximum absolute atomic E-state index is 11.8. The monoisotopic (exact) mass is 239 g/mol. The average Bonchev–Trinajstić information content (AvgIpc) is 3.14. The molecule has 0 spiro atoms. The van der Waals surface area contributed by atoms with Crippen LogP contribution in [-0.4, -0.2) is 54.6 Å². The van der Waals surface area contributed by atoms with E-state index in [1.165, 1.54) is 38.6 Å². The molecule has 2 rings (SSSR count).